The van der Waals surface area contributed by atoms with Crippen LogP contribution >= 0.6 is 22.7 Å². The first-order valence-corrected chi connectivity index (χ1v) is 26.9. The first kappa shape index (κ1) is 42.6. The summed E-state index contributed by atoms with van der Waals surface area (Å²) >= 11 is 3.74. The van der Waals surface area contributed by atoms with Crippen LogP contribution in [0.3, 0.4) is 0 Å². The van der Waals surface area contributed by atoms with E-state index in [1.54, 1.807) is 0 Å². The minimum absolute atomic E-state index is 1.11. The highest BCUT2D eigenvalue weighted by Crippen LogP contribution is 2.49. The smallest absolute Gasteiger partial charge is 0.0535 e. The highest BCUT2D eigenvalue weighted by Gasteiger charge is 2.23. The van der Waals surface area contributed by atoms with Crippen LogP contribution in [0.1, 0.15) is 0 Å². The number of hydrogen-bond acceptors (Lipinski definition) is 2. The van der Waals surface area contributed by atoms with Crippen molar-refractivity contribution in [2.45, 2.75) is 0 Å². The molecule has 0 aliphatic heterocycles. The van der Waals surface area contributed by atoms with E-state index in [4.69, 9.17) is 0 Å². The van der Waals surface area contributed by atoms with Crippen molar-refractivity contribution in [1.29, 1.82) is 0 Å². The van der Waals surface area contributed by atoms with Crippen molar-refractivity contribution < 1.29 is 0 Å². The largest absolute Gasteiger partial charge is 0.309 e. The summed E-state index contributed by atoms with van der Waals surface area (Å²) in [6.45, 7) is 0. The van der Waals surface area contributed by atoms with Gasteiger partial charge in [-0.25, -0.2) is 0 Å². The van der Waals surface area contributed by atoms with Gasteiger partial charge in [-0.2, -0.15) is 0 Å². The number of fused-ring (bicyclic) bond motifs is 8. The molecule has 0 amide bonds. The molecule has 4 heteroatoms. The lowest BCUT2D eigenvalue weighted by Gasteiger charge is -2.22. The van der Waals surface area contributed by atoms with E-state index in [9.17, 15) is 0 Å². The fourth-order valence-corrected chi connectivity index (χ4v) is 13.8. The van der Waals surface area contributed by atoms with E-state index in [0.717, 1.165) is 34.2 Å². The number of hydrogen-bond donors (Lipinski definition) is 0. The molecule has 0 radical (unpaired) electrons. The molecular formula is C70H44N2S2. The second-order valence-electron chi connectivity index (χ2n) is 19.2. The third-order valence-electron chi connectivity index (χ3n) is 15.0. The third kappa shape index (κ3) is 6.91. The predicted octanol–water partition coefficient (Wildman–Crippen LogP) is 20.3. The third-order valence-corrected chi connectivity index (χ3v) is 17.3. The van der Waals surface area contributed by atoms with Crippen LogP contribution in [0.15, 0.2) is 267 Å². The topological polar surface area (TPSA) is 9.86 Å². The van der Waals surface area contributed by atoms with E-state index in [-0.39, 0.29) is 0 Å². The summed E-state index contributed by atoms with van der Waals surface area (Å²) in [6, 6.07) is 98.9. The number of nitrogens with zero attached hydrogens (tertiary/aromatic N) is 2. The van der Waals surface area contributed by atoms with Gasteiger partial charge in [0.1, 0.15) is 0 Å². The lowest BCUT2D eigenvalue weighted by molar-refractivity contribution is 1.10. The summed E-state index contributed by atoms with van der Waals surface area (Å²) in [4.78, 5) is 0. The van der Waals surface area contributed by atoms with Crippen molar-refractivity contribution >= 4 is 84.6 Å². The molecule has 0 fully saturated rings. The maximum atomic E-state index is 2.47. The van der Waals surface area contributed by atoms with Crippen LogP contribution in [0.25, 0.3) is 141 Å². The fraction of sp³-hybridized carbons (Fsp3) is 0. The second kappa shape index (κ2) is 17.3. The number of rotatable bonds is 8. The highest BCUT2D eigenvalue weighted by atomic mass is 32.1. The molecule has 11 aromatic carbocycles. The first-order chi connectivity index (χ1) is 36.7. The van der Waals surface area contributed by atoms with Crippen LogP contribution in [0.4, 0.5) is 0 Å². The minimum atomic E-state index is 1.11. The first-order valence-electron chi connectivity index (χ1n) is 25.2. The Morgan fingerprint density at radius 3 is 0.892 bits per heavy atom. The number of benzene rings is 11. The minimum Gasteiger partial charge on any atom is -0.309 e. The summed E-state index contributed by atoms with van der Waals surface area (Å²) in [5.41, 5.74) is 16.3. The van der Waals surface area contributed by atoms with Gasteiger partial charge in [-0.1, -0.05) is 182 Å². The Morgan fingerprint density at radius 2 is 0.527 bits per heavy atom. The molecule has 2 nitrogen and oxygen atoms in total. The van der Waals surface area contributed by atoms with Crippen molar-refractivity contribution in [3.05, 3.63) is 267 Å². The van der Waals surface area contributed by atoms with Gasteiger partial charge in [-0.15, -0.1) is 22.7 Å². The van der Waals surface area contributed by atoms with Gasteiger partial charge < -0.3 is 9.13 Å². The average molecular weight is 977 g/mol. The molecule has 346 valence electrons. The molecule has 0 saturated heterocycles. The van der Waals surface area contributed by atoms with Gasteiger partial charge in [0, 0.05) is 51.7 Å². The summed E-state index contributed by atoms with van der Waals surface area (Å²) in [5.74, 6) is 0. The van der Waals surface area contributed by atoms with Gasteiger partial charge in [0.25, 0.3) is 0 Å². The summed E-state index contributed by atoms with van der Waals surface area (Å²) in [7, 11) is 0. The van der Waals surface area contributed by atoms with E-state index in [1.165, 1.54) is 106 Å². The highest BCUT2D eigenvalue weighted by molar-refractivity contribution is 7.26. The van der Waals surface area contributed by atoms with Gasteiger partial charge in [0.05, 0.1) is 22.8 Å². The second-order valence-corrected chi connectivity index (χ2v) is 21.3. The molecule has 0 saturated carbocycles. The monoisotopic (exact) mass is 976 g/mol. The zero-order valence-electron chi connectivity index (χ0n) is 40.1. The zero-order valence-corrected chi connectivity index (χ0v) is 41.7. The molecule has 4 heterocycles. The molecule has 4 aromatic heterocycles. The maximum absolute atomic E-state index is 2.47. The molecule has 0 unspecified atom stereocenters. The van der Waals surface area contributed by atoms with E-state index in [0.29, 0.717) is 0 Å². The average Bonchev–Trinajstić information content (AvgIpc) is 4.30. The van der Waals surface area contributed by atoms with Crippen LogP contribution < -0.4 is 0 Å². The molecular weight excluding hydrogens is 933 g/mol. The molecule has 0 bridgehead atoms. The van der Waals surface area contributed by atoms with Crippen molar-refractivity contribution in [2.75, 3.05) is 0 Å². The van der Waals surface area contributed by atoms with Gasteiger partial charge in [0.15, 0.2) is 0 Å². The Morgan fingerprint density at radius 1 is 0.203 bits per heavy atom. The molecule has 0 aliphatic carbocycles. The van der Waals surface area contributed by atoms with E-state index >= 15 is 0 Å². The van der Waals surface area contributed by atoms with Gasteiger partial charge in [-0.3, -0.25) is 0 Å². The van der Waals surface area contributed by atoms with E-state index in [2.05, 4.69) is 276 Å². The summed E-state index contributed by atoms with van der Waals surface area (Å²) in [5, 5.41) is 9.97. The standard InChI is InChI=1S/C70H44N2S2/c1-5-17-45(18-6-1)61-35-36-62(46-19-7-2-8-20-46)71(61)51-31-33-55-59(43-51)69(49-29-39-67-57(41-49)53-25-13-15-27-65(53)73-67)56-34-32-52(72-63(47-21-9-3-10-22-47)37-38-64(72)48-23-11-4-12-24-48)44-60(56)70(55)50-30-40-68-58(42-50)54-26-14-16-28-66(54)74-68/h1-44H. The Bertz CT molecular complexity index is 4220. The molecule has 15 aromatic rings. The van der Waals surface area contributed by atoms with Gasteiger partial charge in [-0.05, 0) is 151 Å². The van der Waals surface area contributed by atoms with E-state index in [1.807, 2.05) is 22.7 Å². The lowest BCUT2D eigenvalue weighted by atomic mass is 9.85. The lowest BCUT2D eigenvalue weighted by Crippen LogP contribution is -2.02. The molecule has 0 aliphatic rings. The summed E-state index contributed by atoms with van der Waals surface area (Å²) < 4.78 is 10.1. The molecule has 0 spiro atoms. The number of aromatic nitrogens is 2. The van der Waals surface area contributed by atoms with E-state index < -0.39 is 0 Å². The van der Waals surface area contributed by atoms with Crippen LogP contribution in [0, 0.1) is 0 Å². The Labute approximate surface area is 436 Å². The van der Waals surface area contributed by atoms with Crippen LogP contribution in [-0.4, -0.2) is 9.13 Å². The SMILES string of the molecule is c1ccc(-c2ccc(-c3ccccc3)n2-c2ccc3c(-c4ccc5sc6ccccc6c5c4)c4cc(-n5c(-c6ccccc6)ccc5-c5ccccc5)ccc4c(-c4ccc5sc6ccccc6c5c4)c3c2)cc1. The molecule has 74 heavy (non-hydrogen) atoms. The van der Waals surface area contributed by atoms with Gasteiger partial charge >= 0.3 is 0 Å². The number of thiophene rings is 2. The van der Waals surface area contributed by atoms with Crippen molar-refractivity contribution in [3.63, 3.8) is 0 Å². The van der Waals surface area contributed by atoms with Crippen LogP contribution in [-0.2, 0) is 0 Å². The Kier molecular flexibility index (Phi) is 9.97. The predicted molar refractivity (Wildman–Crippen MR) is 319 cm³/mol. The maximum Gasteiger partial charge on any atom is 0.0535 e. The van der Waals surface area contributed by atoms with Crippen molar-refractivity contribution in [2.24, 2.45) is 0 Å². The summed E-state index contributed by atoms with van der Waals surface area (Å²) in [6.07, 6.45) is 0. The van der Waals surface area contributed by atoms with Crippen molar-refractivity contribution in [3.8, 4) is 78.7 Å². The fourth-order valence-electron chi connectivity index (χ4n) is 11.6. The van der Waals surface area contributed by atoms with Gasteiger partial charge in [0.2, 0.25) is 0 Å². The van der Waals surface area contributed by atoms with Crippen LogP contribution in [0.2, 0.25) is 0 Å². The molecule has 0 atom stereocenters. The zero-order chi connectivity index (χ0) is 48.7. The van der Waals surface area contributed by atoms with Crippen LogP contribution in [0.5, 0.6) is 0 Å². The Balaban J connectivity index is 1.09. The molecule has 15 rings (SSSR count). The Hall–Kier alpha value is -9.06. The quantitative estimate of drug-likeness (QED) is 0.134. The normalized spacial score (nSPS) is 11.8. The van der Waals surface area contributed by atoms with Crippen molar-refractivity contribution in [1.82, 2.24) is 9.13 Å². The molecule has 0 N–H and O–H groups in total.